The molecule has 0 aliphatic carbocycles. The summed E-state index contributed by atoms with van der Waals surface area (Å²) in [5, 5.41) is 11.7. The smallest absolute Gasteiger partial charge is 0.166 e. The molecule has 0 atom stereocenters. The lowest BCUT2D eigenvalue weighted by atomic mass is 10.0. The van der Waals surface area contributed by atoms with Gasteiger partial charge in [0.05, 0.1) is 5.69 Å². The zero-order valence-electron chi connectivity index (χ0n) is 12.3. The van der Waals surface area contributed by atoms with E-state index in [1.807, 2.05) is 54.6 Å². The molecule has 1 N–H and O–H groups in total. The van der Waals surface area contributed by atoms with E-state index in [0.717, 1.165) is 33.4 Å². The third-order valence-corrected chi connectivity index (χ3v) is 3.92. The fraction of sp³-hybridized carbons (Fsp3) is 0. The Balaban J connectivity index is 1.94. The van der Waals surface area contributed by atoms with E-state index in [9.17, 15) is 5.26 Å². The zero-order valence-corrected chi connectivity index (χ0v) is 12.3. The topological polar surface area (TPSA) is 52.5 Å². The standard InChI is InChI=1S/C20H13N3/c21-13-18-19(15-8-2-1-3-9-15)23-20(22-18)17-12-6-10-14-7-4-5-11-16(14)17/h1-12H,(H,22,23). The Labute approximate surface area is 133 Å². The molecule has 0 radical (unpaired) electrons. The van der Waals surface area contributed by atoms with Gasteiger partial charge in [0.1, 0.15) is 11.9 Å². The Morgan fingerprint density at radius 1 is 0.826 bits per heavy atom. The van der Waals surface area contributed by atoms with Crippen LogP contribution in [0.3, 0.4) is 0 Å². The summed E-state index contributed by atoms with van der Waals surface area (Å²) in [7, 11) is 0. The van der Waals surface area contributed by atoms with Crippen molar-refractivity contribution in [1.29, 1.82) is 5.26 Å². The normalized spacial score (nSPS) is 10.6. The molecule has 108 valence electrons. The van der Waals surface area contributed by atoms with Crippen molar-refractivity contribution < 1.29 is 0 Å². The second kappa shape index (κ2) is 5.43. The molecular formula is C20H13N3. The fourth-order valence-electron chi connectivity index (χ4n) is 2.83. The van der Waals surface area contributed by atoms with Gasteiger partial charge in [-0.2, -0.15) is 5.26 Å². The largest absolute Gasteiger partial charge is 0.337 e. The Hall–Kier alpha value is -3.38. The molecule has 0 spiro atoms. The van der Waals surface area contributed by atoms with E-state index in [1.165, 1.54) is 0 Å². The average molecular weight is 295 g/mol. The zero-order chi connectivity index (χ0) is 15.6. The van der Waals surface area contributed by atoms with Gasteiger partial charge in [0.25, 0.3) is 0 Å². The van der Waals surface area contributed by atoms with Crippen molar-refractivity contribution in [1.82, 2.24) is 9.97 Å². The number of aromatic nitrogens is 2. The first kappa shape index (κ1) is 13.3. The van der Waals surface area contributed by atoms with E-state index in [4.69, 9.17) is 0 Å². The molecule has 0 fully saturated rings. The third-order valence-electron chi connectivity index (χ3n) is 3.92. The molecule has 3 nitrogen and oxygen atoms in total. The first-order valence-corrected chi connectivity index (χ1v) is 7.40. The summed E-state index contributed by atoms with van der Waals surface area (Å²) in [4.78, 5) is 7.83. The van der Waals surface area contributed by atoms with Crippen LogP contribution in [0.25, 0.3) is 33.4 Å². The first-order chi connectivity index (χ1) is 11.4. The van der Waals surface area contributed by atoms with Gasteiger partial charge in [-0.15, -0.1) is 0 Å². The molecule has 3 aromatic carbocycles. The lowest BCUT2D eigenvalue weighted by molar-refractivity contribution is 1.30. The van der Waals surface area contributed by atoms with Crippen LogP contribution in [0.5, 0.6) is 0 Å². The summed E-state index contributed by atoms with van der Waals surface area (Å²) in [5.74, 6) is 0.720. The number of hydrogen-bond donors (Lipinski definition) is 1. The third kappa shape index (κ3) is 2.27. The van der Waals surface area contributed by atoms with E-state index in [-0.39, 0.29) is 0 Å². The predicted molar refractivity (Wildman–Crippen MR) is 91.7 cm³/mol. The second-order valence-electron chi connectivity index (χ2n) is 5.31. The minimum Gasteiger partial charge on any atom is -0.337 e. The number of nitrogens with zero attached hydrogens (tertiary/aromatic N) is 2. The van der Waals surface area contributed by atoms with Gasteiger partial charge in [0.15, 0.2) is 5.69 Å². The van der Waals surface area contributed by atoms with Gasteiger partial charge in [0, 0.05) is 11.1 Å². The van der Waals surface area contributed by atoms with Crippen molar-refractivity contribution in [2.24, 2.45) is 0 Å². The van der Waals surface area contributed by atoms with Gasteiger partial charge in [-0.1, -0.05) is 72.8 Å². The highest BCUT2D eigenvalue weighted by molar-refractivity contribution is 5.95. The summed E-state index contributed by atoms with van der Waals surface area (Å²) >= 11 is 0. The number of rotatable bonds is 2. The lowest BCUT2D eigenvalue weighted by Gasteiger charge is -2.03. The number of benzene rings is 3. The SMILES string of the molecule is N#Cc1nc(-c2cccc3ccccc23)[nH]c1-c1ccccc1. The number of fused-ring (bicyclic) bond motifs is 1. The number of imidazole rings is 1. The van der Waals surface area contributed by atoms with Gasteiger partial charge in [-0.25, -0.2) is 4.98 Å². The molecule has 23 heavy (non-hydrogen) atoms. The van der Waals surface area contributed by atoms with Gasteiger partial charge in [-0.3, -0.25) is 0 Å². The molecule has 0 saturated heterocycles. The number of H-pyrrole nitrogens is 1. The fourth-order valence-corrected chi connectivity index (χ4v) is 2.83. The van der Waals surface area contributed by atoms with Crippen LogP contribution < -0.4 is 0 Å². The average Bonchev–Trinajstić information content (AvgIpc) is 3.06. The Morgan fingerprint density at radius 3 is 2.39 bits per heavy atom. The van der Waals surface area contributed by atoms with E-state index >= 15 is 0 Å². The minimum absolute atomic E-state index is 0.416. The Kier molecular flexibility index (Phi) is 3.14. The summed E-state index contributed by atoms with van der Waals surface area (Å²) < 4.78 is 0. The van der Waals surface area contributed by atoms with Crippen LogP contribution in [0.4, 0.5) is 0 Å². The highest BCUT2D eigenvalue weighted by atomic mass is 14.9. The molecule has 0 aliphatic heterocycles. The van der Waals surface area contributed by atoms with Crippen LogP contribution in [0.1, 0.15) is 5.69 Å². The lowest BCUT2D eigenvalue weighted by Crippen LogP contribution is -1.83. The summed E-state index contributed by atoms with van der Waals surface area (Å²) in [5.41, 5.74) is 3.14. The molecule has 4 aromatic rings. The summed E-state index contributed by atoms with van der Waals surface area (Å²) in [6.07, 6.45) is 0. The van der Waals surface area contributed by atoms with E-state index in [1.54, 1.807) is 0 Å². The van der Waals surface area contributed by atoms with Crippen molar-refractivity contribution in [2.75, 3.05) is 0 Å². The van der Waals surface area contributed by atoms with Crippen LogP contribution in [0.15, 0.2) is 72.8 Å². The van der Waals surface area contributed by atoms with Crippen molar-refractivity contribution >= 4 is 10.8 Å². The molecule has 0 aliphatic rings. The predicted octanol–water partition coefficient (Wildman–Crippen LogP) is 4.77. The van der Waals surface area contributed by atoms with Crippen LogP contribution in [0, 0.1) is 11.3 Å². The van der Waals surface area contributed by atoms with Gasteiger partial charge in [0.2, 0.25) is 0 Å². The molecule has 0 unspecified atom stereocenters. The van der Waals surface area contributed by atoms with E-state index in [0.29, 0.717) is 5.69 Å². The molecule has 0 saturated carbocycles. The maximum Gasteiger partial charge on any atom is 0.166 e. The highest BCUT2D eigenvalue weighted by Gasteiger charge is 2.14. The summed E-state index contributed by atoms with van der Waals surface area (Å²) in [6.45, 7) is 0. The highest BCUT2D eigenvalue weighted by Crippen LogP contribution is 2.30. The first-order valence-electron chi connectivity index (χ1n) is 7.40. The van der Waals surface area contributed by atoms with Crippen LogP contribution in [-0.4, -0.2) is 9.97 Å². The van der Waals surface area contributed by atoms with Crippen molar-refractivity contribution in [3.05, 3.63) is 78.5 Å². The number of nitriles is 1. The maximum atomic E-state index is 9.42. The van der Waals surface area contributed by atoms with Crippen molar-refractivity contribution in [3.63, 3.8) is 0 Å². The number of hydrogen-bond acceptors (Lipinski definition) is 2. The molecule has 3 heteroatoms. The summed E-state index contributed by atoms with van der Waals surface area (Å²) in [6, 6.07) is 26.3. The maximum absolute atomic E-state index is 9.42. The van der Waals surface area contributed by atoms with Gasteiger partial charge >= 0.3 is 0 Å². The Bertz CT molecular complexity index is 1020. The second-order valence-corrected chi connectivity index (χ2v) is 5.31. The number of nitrogens with one attached hydrogen (secondary N) is 1. The van der Waals surface area contributed by atoms with E-state index < -0.39 is 0 Å². The quantitative estimate of drug-likeness (QED) is 0.579. The molecule has 1 aromatic heterocycles. The molecular weight excluding hydrogens is 282 g/mol. The van der Waals surface area contributed by atoms with Crippen molar-refractivity contribution in [2.45, 2.75) is 0 Å². The minimum atomic E-state index is 0.416. The van der Waals surface area contributed by atoms with Gasteiger partial charge < -0.3 is 4.98 Å². The Morgan fingerprint density at radius 2 is 1.57 bits per heavy atom. The van der Waals surface area contributed by atoms with Crippen LogP contribution in [0.2, 0.25) is 0 Å². The molecule has 4 rings (SSSR count). The molecule has 1 heterocycles. The molecule has 0 amide bonds. The van der Waals surface area contributed by atoms with Gasteiger partial charge in [-0.05, 0) is 10.8 Å². The number of aromatic amines is 1. The monoisotopic (exact) mass is 295 g/mol. The van der Waals surface area contributed by atoms with Crippen molar-refractivity contribution in [3.8, 4) is 28.7 Å². The van der Waals surface area contributed by atoms with Crippen LogP contribution >= 0.6 is 0 Å². The van der Waals surface area contributed by atoms with Crippen LogP contribution in [-0.2, 0) is 0 Å². The van der Waals surface area contributed by atoms with E-state index in [2.05, 4.69) is 34.2 Å². The molecule has 0 bridgehead atoms.